The average Bonchev–Trinajstić information content (AvgIpc) is 3.22. The number of rotatable bonds is 6. The zero-order valence-electron chi connectivity index (χ0n) is 16.5. The Kier molecular flexibility index (Phi) is 5.92. The van der Waals surface area contributed by atoms with Crippen molar-refractivity contribution in [3.8, 4) is 17.0 Å². The Bertz CT molecular complexity index is 936. The molecule has 4 rings (SSSR count). The van der Waals surface area contributed by atoms with Crippen molar-refractivity contribution in [2.24, 2.45) is 5.92 Å². The number of aliphatic hydroxyl groups is 1. The van der Waals surface area contributed by atoms with Crippen molar-refractivity contribution < 1.29 is 14.2 Å². The highest BCUT2D eigenvalue weighted by Crippen LogP contribution is 2.32. The van der Waals surface area contributed by atoms with Crippen LogP contribution < -0.4 is 4.74 Å². The van der Waals surface area contributed by atoms with E-state index in [1.807, 2.05) is 30.3 Å². The number of aromatic nitrogens is 2. The number of ether oxygens (including phenoxy) is 1. The molecular weight excluding hydrogens is 369 g/mol. The molecule has 2 N–H and O–H groups in total. The van der Waals surface area contributed by atoms with Gasteiger partial charge in [0.2, 0.25) is 0 Å². The summed E-state index contributed by atoms with van der Waals surface area (Å²) in [5.41, 5.74) is 3.15. The number of benzene rings is 2. The molecule has 0 bridgehead atoms. The largest absolute Gasteiger partial charge is 0.497 e. The number of hydrogen-bond acceptors (Lipinski definition) is 4. The smallest absolute Gasteiger partial charge is 0.136 e. The molecule has 0 aliphatic carbocycles. The van der Waals surface area contributed by atoms with Gasteiger partial charge >= 0.3 is 0 Å². The van der Waals surface area contributed by atoms with Gasteiger partial charge in [-0.3, -0.25) is 10.00 Å². The summed E-state index contributed by atoms with van der Waals surface area (Å²) in [7, 11) is 1.52. The van der Waals surface area contributed by atoms with E-state index in [1.54, 1.807) is 18.3 Å². The molecule has 3 aromatic rings. The topological polar surface area (TPSA) is 61.4 Å². The maximum absolute atomic E-state index is 14.5. The maximum Gasteiger partial charge on any atom is 0.136 e. The number of likely N-dealkylation sites (tertiary alicyclic amines) is 1. The van der Waals surface area contributed by atoms with Crippen molar-refractivity contribution in [2.45, 2.75) is 25.5 Å². The van der Waals surface area contributed by atoms with E-state index in [0.717, 1.165) is 37.1 Å². The van der Waals surface area contributed by atoms with Crippen LogP contribution in [0.1, 0.15) is 30.1 Å². The lowest BCUT2D eigenvalue weighted by molar-refractivity contribution is 0.0568. The normalized spacial score (nSPS) is 16.7. The fourth-order valence-corrected chi connectivity index (χ4v) is 4.08. The lowest BCUT2D eigenvalue weighted by atomic mass is 9.87. The summed E-state index contributed by atoms with van der Waals surface area (Å²) in [6, 6.07) is 14.7. The van der Waals surface area contributed by atoms with E-state index >= 15 is 0 Å². The Hall–Kier alpha value is -2.70. The number of piperidine rings is 1. The lowest BCUT2D eigenvalue weighted by Crippen LogP contribution is -2.35. The van der Waals surface area contributed by atoms with Crippen LogP contribution in [0.2, 0.25) is 0 Å². The van der Waals surface area contributed by atoms with E-state index in [4.69, 9.17) is 4.74 Å². The molecule has 1 aromatic heterocycles. The highest BCUT2D eigenvalue weighted by Gasteiger charge is 2.27. The van der Waals surface area contributed by atoms with Crippen molar-refractivity contribution in [1.29, 1.82) is 0 Å². The minimum atomic E-state index is -0.420. The van der Waals surface area contributed by atoms with Crippen molar-refractivity contribution in [1.82, 2.24) is 15.1 Å². The summed E-state index contributed by atoms with van der Waals surface area (Å²) < 4.78 is 19.6. The quantitative estimate of drug-likeness (QED) is 0.658. The Morgan fingerprint density at radius 2 is 1.97 bits per heavy atom. The predicted molar refractivity (Wildman–Crippen MR) is 110 cm³/mol. The standard InChI is InChI=1S/C23H26FN3O2/c1-29-19-7-8-20(21(24)13-19)22-18(14-25-26-22)15-27-11-9-17(10-12-27)23(28)16-5-3-2-4-6-16/h2-8,13-14,17,23,28H,9-12,15H2,1H3,(H,25,26). The second kappa shape index (κ2) is 8.76. The number of hydrogen-bond donors (Lipinski definition) is 2. The van der Waals surface area contributed by atoms with Gasteiger partial charge in [-0.05, 0) is 49.5 Å². The van der Waals surface area contributed by atoms with Gasteiger partial charge in [-0.15, -0.1) is 0 Å². The third-order valence-corrected chi connectivity index (χ3v) is 5.78. The summed E-state index contributed by atoms with van der Waals surface area (Å²) in [4.78, 5) is 2.34. The molecule has 0 radical (unpaired) electrons. The molecule has 5 nitrogen and oxygen atoms in total. The number of H-pyrrole nitrogens is 1. The molecule has 1 atom stereocenters. The van der Waals surface area contributed by atoms with Gasteiger partial charge < -0.3 is 9.84 Å². The Balaban J connectivity index is 1.40. The fraction of sp³-hybridized carbons (Fsp3) is 0.348. The zero-order chi connectivity index (χ0) is 20.2. The highest BCUT2D eigenvalue weighted by molar-refractivity contribution is 5.64. The summed E-state index contributed by atoms with van der Waals surface area (Å²) in [5, 5.41) is 17.8. The molecule has 0 spiro atoms. The van der Waals surface area contributed by atoms with Crippen molar-refractivity contribution in [3.05, 3.63) is 71.7 Å². The van der Waals surface area contributed by atoms with Crippen LogP contribution in [-0.2, 0) is 6.54 Å². The fourth-order valence-electron chi connectivity index (χ4n) is 4.08. The lowest BCUT2D eigenvalue weighted by Gasteiger charge is -2.34. The number of halogens is 1. The molecule has 29 heavy (non-hydrogen) atoms. The molecule has 2 aromatic carbocycles. The van der Waals surface area contributed by atoms with Gasteiger partial charge in [0.25, 0.3) is 0 Å². The van der Waals surface area contributed by atoms with Gasteiger partial charge in [-0.2, -0.15) is 5.10 Å². The van der Waals surface area contributed by atoms with Crippen molar-refractivity contribution in [3.63, 3.8) is 0 Å². The molecule has 0 saturated carbocycles. The van der Waals surface area contributed by atoms with E-state index in [1.165, 1.54) is 13.2 Å². The van der Waals surface area contributed by atoms with E-state index in [2.05, 4.69) is 15.1 Å². The van der Waals surface area contributed by atoms with Gasteiger partial charge in [0.05, 0.1) is 25.1 Å². The Labute approximate surface area is 170 Å². The van der Waals surface area contributed by atoms with Crippen LogP contribution >= 0.6 is 0 Å². The molecule has 1 unspecified atom stereocenters. The molecule has 1 aliphatic heterocycles. The molecule has 6 heteroatoms. The number of aliphatic hydroxyl groups excluding tert-OH is 1. The third kappa shape index (κ3) is 4.33. The van der Waals surface area contributed by atoms with Crippen LogP contribution in [0.4, 0.5) is 4.39 Å². The number of nitrogens with one attached hydrogen (secondary N) is 1. The molecule has 152 valence electrons. The van der Waals surface area contributed by atoms with Gasteiger partial charge in [0.1, 0.15) is 11.6 Å². The number of aromatic amines is 1. The molecule has 1 aliphatic rings. The summed E-state index contributed by atoms with van der Waals surface area (Å²) in [5.74, 6) is 0.419. The van der Waals surface area contributed by atoms with Crippen LogP contribution in [0, 0.1) is 11.7 Å². The number of methoxy groups -OCH3 is 1. The second-order valence-electron chi connectivity index (χ2n) is 7.59. The minimum absolute atomic E-state index is 0.261. The second-order valence-corrected chi connectivity index (χ2v) is 7.59. The molecule has 0 amide bonds. The van der Waals surface area contributed by atoms with Crippen LogP contribution in [-0.4, -0.2) is 40.4 Å². The van der Waals surface area contributed by atoms with Gasteiger partial charge in [-0.25, -0.2) is 4.39 Å². The van der Waals surface area contributed by atoms with Crippen LogP contribution in [0.5, 0.6) is 5.75 Å². The molecule has 1 fully saturated rings. The Morgan fingerprint density at radius 3 is 2.66 bits per heavy atom. The van der Waals surface area contributed by atoms with E-state index in [-0.39, 0.29) is 11.7 Å². The first-order valence-electron chi connectivity index (χ1n) is 9.97. The molecular formula is C23H26FN3O2. The van der Waals surface area contributed by atoms with Crippen LogP contribution in [0.25, 0.3) is 11.3 Å². The van der Waals surface area contributed by atoms with Crippen LogP contribution in [0.15, 0.2) is 54.7 Å². The van der Waals surface area contributed by atoms with E-state index in [9.17, 15) is 9.50 Å². The van der Waals surface area contributed by atoms with Gasteiger partial charge in [0.15, 0.2) is 0 Å². The van der Waals surface area contributed by atoms with Crippen molar-refractivity contribution >= 4 is 0 Å². The molecule has 2 heterocycles. The van der Waals surface area contributed by atoms with Crippen molar-refractivity contribution in [2.75, 3.05) is 20.2 Å². The van der Waals surface area contributed by atoms with Gasteiger partial charge in [-0.1, -0.05) is 30.3 Å². The summed E-state index contributed by atoms with van der Waals surface area (Å²) in [6.45, 7) is 2.49. The maximum atomic E-state index is 14.5. The first-order chi connectivity index (χ1) is 14.2. The SMILES string of the molecule is COc1ccc(-c2[nH]ncc2CN2CCC(C(O)c3ccccc3)CC2)c(F)c1. The Morgan fingerprint density at radius 1 is 1.21 bits per heavy atom. The highest BCUT2D eigenvalue weighted by atomic mass is 19.1. The monoisotopic (exact) mass is 395 g/mol. The first-order valence-corrected chi connectivity index (χ1v) is 9.97. The first kappa shape index (κ1) is 19.6. The average molecular weight is 395 g/mol. The predicted octanol–water partition coefficient (Wildman–Crippen LogP) is 4.17. The third-order valence-electron chi connectivity index (χ3n) is 5.78. The van der Waals surface area contributed by atoms with Gasteiger partial charge in [0, 0.05) is 23.7 Å². The minimum Gasteiger partial charge on any atom is -0.497 e. The van der Waals surface area contributed by atoms with Crippen LogP contribution in [0.3, 0.4) is 0 Å². The summed E-state index contributed by atoms with van der Waals surface area (Å²) in [6.07, 6.45) is 3.21. The summed E-state index contributed by atoms with van der Waals surface area (Å²) >= 11 is 0. The van der Waals surface area contributed by atoms with E-state index in [0.29, 0.717) is 23.6 Å². The number of nitrogens with zero attached hydrogens (tertiary/aromatic N) is 2. The zero-order valence-corrected chi connectivity index (χ0v) is 16.5. The molecule has 1 saturated heterocycles. The van der Waals surface area contributed by atoms with E-state index < -0.39 is 6.10 Å².